The zero-order chi connectivity index (χ0) is 22.8. The van der Waals surface area contributed by atoms with Crippen LogP contribution in [0.3, 0.4) is 0 Å². The van der Waals surface area contributed by atoms with E-state index in [9.17, 15) is 19.5 Å². The van der Waals surface area contributed by atoms with Gasteiger partial charge in [0.1, 0.15) is 23.0 Å². The van der Waals surface area contributed by atoms with E-state index in [1.165, 1.54) is 17.0 Å². The highest BCUT2D eigenvalue weighted by Crippen LogP contribution is 2.31. The molecule has 30 heavy (non-hydrogen) atoms. The van der Waals surface area contributed by atoms with Crippen LogP contribution in [0.15, 0.2) is 18.2 Å². The summed E-state index contributed by atoms with van der Waals surface area (Å²) in [6, 6.07) is 4.44. The average molecular weight is 421 g/mol. The van der Waals surface area contributed by atoms with Crippen LogP contribution in [0.2, 0.25) is 0 Å². The number of benzene rings is 1. The van der Waals surface area contributed by atoms with Crippen molar-refractivity contribution in [3.63, 3.8) is 0 Å². The van der Waals surface area contributed by atoms with Gasteiger partial charge in [-0.05, 0) is 46.8 Å². The number of ether oxygens (including phenoxy) is 2. The fourth-order valence-electron chi connectivity index (χ4n) is 3.28. The minimum absolute atomic E-state index is 0.0368. The average Bonchev–Trinajstić information content (AvgIpc) is 2.62. The molecule has 0 saturated heterocycles. The lowest BCUT2D eigenvalue weighted by Gasteiger charge is -2.38. The summed E-state index contributed by atoms with van der Waals surface area (Å²) >= 11 is 0. The quantitative estimate of drug-likeness (QED) is 0.801. The van der Waals surface area contributed by atoms with Crippen LogP contribution in [-0.4, -0.2) is 70.8 Å². The Labute approximate surface area is 177 Å². The number of carbonyl (C=O) groups excluding carboxylic acids is 2. The van der Waals surface area contributed by atoms with Gasteiger partial charge in [-0.25, -0.2) is 9.59 Å². The largest absolute Gasteiger partial charge is 0.486 e. The Morgan fingerprint density at radius 3 is 2.50 bits per heavy atom. The summed E-state index contributed by atoms with van der Waals surface area (Å²) < 4.78 is 11.5. The maximum Gasteiger partial charge on any atom is 0.410 e. The third-order valence-corrected chi connectivity index (χ3v) is 4.91. The van der Waals surface area contributed by atoms with Gasteiger partial charge in [0.15, 0.2) is 0 Å². The van der Waals surface area contributed by atoms with Crippen molar-refractivity contribution in [3.05, 3.63) is 29.3 Å². The van der Waals surface area contributed by atoms with E-state index >= 15 is 0 Å². The number of carboxylic acid groups (broad SMARTS) is 1. The van der Waals surface area contributed by atoms with E-state index < -0.39 is 23.8 Å². The number of carboxylic acids is 1. The van der Waals surface area contributed by atoms with Gasteiger partial charge in [0.2, 0.25) is 0 Å². The van der Waals surface area contributed by atoms with Crippen LogP contribution in [-0.2, 0) is 4.74 Å². The molecule has 1 heterocycles. The summed E-state index contributed by atoms with van der Waals surface area (Å²) in [5.41, 5.74) is -0.508. The van der Waals surface area contributed by atoms with E-state index in [0.29, 0.717) is 6.54 Å². The second-order valence-electron chi connectivity index (χ2n) is 9.03. The molecular weight excluding hydrogens is 388 g/mol. The SMILES string of the molecule is CC(C)N1C[C@@H](C)[C@H](CN(C)C(=O)OC(C)(C)C)Oc2c(C(=O)O)cccc2C1=O. The molecule has 0 unspecified atom stereocenters. The van der Waals surface area contributed by atoms with E-state index in [1.54, 1.807) is 38.8 Å². The summed E-state index contributed by atoms with van der Waals surface area (Å²) in [5.74, 6) is -1.57. The van der Waals surface area contributed by atoms with Crippen molar-refractivity contribution in [2.75, 3.05) is 20.1 Å². The van der Waals surface area contributed by atoms with Gasteiger partial charge < -0.3 is 24.4 Å². The zero-order valence-corrected chi connectivity index (χ0v) is 18.8. The molecule has 2 amide bonds. The molecule has 0 fully saturated rings. The number of hydrogen-bond acceptors (Lipinski definition) is 5. The van der Waals surface area contributed by atoms with Gasteiger partial charge in [0.05, 0.1) is 12.1 Å². The number of rotatable bonds is 4. The van der Waals surface area contributed by atoms with E-state index in [2.05, 4.69) is 0 Å². The first-order valence-electron chi connectivity index (χ1n) is 10.1. The molecular formula is C22H32N2O6. The Morgan fingerprint density at radius 2 is 1.97 bits per heavy atom. The Hall–Kier alpha value is -2.77. The van der Waals surface area contributed by atoms with Crippen molar-refractivity contribution < 1.29 is 29.0 Å². The Morgan fingerprint density at radius 1 is 1.33 bits per heavy atom. The first-order chi connectivity index (χ1) is 13.8. The molecule has 1 N–H and O–H groups in total. The minimum Gasteiger partial charge on any atom is -0.486 e. The highest BCUT2D eigenvalue weighted by molar-refractivity contribution is 6.02. The van der Waals surface area contributed by atoms with Crippen molar-refractivity contribution in [2.45, 2.75) is 59.3 Å². The van der Waals surface area contributed by atoms with Crippen molar-refractivity contribution >= 4 is 18.0 Å². The van der Waals surface area contributed by atoms with Crippen LogP contribution < -0.4 is 4.74 Å². The van der Waals surface area contributed by atoms with E-state index in [-0.39, 0.29) is 41.3 Å². The zero-order valence-electron chi connectivity index (χ0n) is 18.8. The van der Waals surface area contributed by atoms with Gasteiger partial charge in [0.25, 0.3) is 5.91 Å². The number of nitrogens with zero attached hydrogens (tertiary/aromatic N) is 2. The summed E-state index contributed by atoms with van der Waals surface area (Å²) in [7, 11) is 1.61. The van der Waals surface area contributed by atoms with E-state index in [0.717, 1.165) is 0 Å². The lowest BCUT2D eigenvalue weighted by molar-refractivity contribution is 0.0126. The van der Waals surface area contributed by atoms with E-state index in [1.807, 2.05) is 20.8 Å². The van der Waals surface area contributed by atoms with Crippen molar-refractivity contribution in [1.82, 2.24) is 9.80 Å². The maximum atomic E-state index is 13.1. The fourth-order valence-corrected chi connectivity index (χ4v) is 3.28. The number of carbonyl (C=O) groups is 3. The number of fused-ring (bicyclic) bond motifs is 1. The molecule has 8 nitrogen and oxygen atoms in total. The number of aromatic carboxylic acids is 1. The third-order valence-electron chi connectivity index (χ3n) is 4.91. The summed E-state index contributed by atoms with van der Waals surface area (Å²) in [5, 5.41) is 9.62. The van der Waals surface area contributed by atoms with Crippen LogP contribution in [0.4, 0.5) is 4.79 Å². The lowest BCUT2D eigenvalue weighted by Crippen LogP contribution is -2.49. The first-order valence-corrected chi connectivity index (χ1v) is 10.1. The third kappa shape index (κ3) is 5.43. The second-order valence-corrected chi connectivity index (χ2v) is 9.03. The normalized spacial score (nSPS) is 19.5. The minimum atomic E-state index is -1.18. The highest BCUT2D eigenvalue weighted by atomic mass is 16.6. The first kappa shape index (κ1) is 23.5. The molecule has 1 aliphatic heterocycles. The topological polar surface area (TPSA) is 96.4 Å². The monoisotopic (exact) mass is 420 g/mol. The van der Waals surface area contributed by atoms with Gasteiger partial charge in [-0.2, -0.15) is 0 Å². The summed E-state index contributed by atoms with van der Waals surface area (Å²) in [6.45, 7) is 11.7. The van der Waals surface area contributed by atoms with Crippen LogP contribution in [0.1, 0.15) is 62.3 Å². The summed E-state index contributed by atoms with van der Waals surface area (Å²) in [6.07, 6.45) is -1.03. The van der Waals surface area contributed by atoms with Crippen LogP contribution in [0.25, 0.3) is 0 Å². The van der Waals surface area contributed by atoms with Gasteiger partial charge in [-0.15, -0.1) is 0 Å². The molecule has 0 aliphatic carbocycles. The Kier molecular flexibility index (Phi) is 7.00. The summed E-state index contributed by atoms with van der Waals surface area (Å²) in [4.78, 5) is 40.4. The number of amides is 2. The molecule has 0 spiro atoms. The van der Waals surface area contributed by atoms with Gasteiger partial charge in [0, 0.05) is 25.6 Å². The van der Waals surface area contributed by atoms with Crippen molar-refractivity contribution in [2.24, 2.45) is 5.92 Å². The molecule has 1 aromatic rings. The lowest BCUT2D eigenvalue weighted by atomic mass is 9.98. The Bertz CT molecular complexity index is 814. The van der Waals surface area contributed by atoms with Gasteiger partial charge in [-0.1, -0.05) is 13.0 Å². The number of hydrogen-bond donors (Lipinski definition) is 1. The smallest absolute Gasteiger partial charge is 0.410 e. The molecule has 0 saturated carbocycles. The van der Waals surface area contributed by atoms with Crippen LogP contribution >= 0.6 is 0 Å². The van der Waals surface area contributed by atoms with Gasteiger partial charge in [-0.3, -0.25) is 4.79 Å². The van der Waals surface area contributed by atoms with Crippen LogP contribution in [0.5, 0.6) is 5.75 Å². The fraction of sp³-hybridized carbons (Fsp3) is 0.591. The molecule has 1 aromatic carbocycles. The van der Waals surface area contributed by atoms with Crippen molar-refractivity contribution in [1.29, 1.82) is 0 Å². The number of para-hydroxylation sites is 1. The predicted molar refractivity (Wildman–Crippen MR) is 112 cm³/mol. The predicted octanol–water partition coefficient (Wildman–Crippen LogP) is 3.50. The molecule has 166 valence electrons. The molecule has 0 aromatic heterocycles. The standard InChI is InChI=1S/C22H32N2O6/c1-13(2)24-11-14(3)17(12-23(7)21(28)30-22(4,5)6)29-18-15(19(24)25)9-8-10-16(18)20(26)27/h8-10,13-14,17H,11-12H2,1-7H3,(H,26,27)/t14-,17+/m1/s1. The maximum absolute atomic E-state index is 13.1. The van der Waals surface area contributed by atoms with Crippen LogP contribution in [0, 0.1) is 5.92 Å². The molecule has 0 bridgehead atoms. The molecule has 8 heteroatoms. The molecule has 1 aliphatic rings. The number of likely N-dealkylation sites (N-methyl/N-ethyl adjacent to an activating group) is 1. The van der Waals surface area contributed by atoms with Gasteiger partial charge >= 0.3 is 12.1 Å². The molecule has 2 rings (SSSR count). The van der Waals surface area contributed by atoms with E-state index in [4.69, 9.17) is 9.47 Å². The molecule has 2 atom stereocenters. The van der Waals surface area contributed by atoms with Crippen molar-refractivity contribution in [3.8, 4) is 5.75 Å². The second kappa shape index (κ2) is 8.93. The highest BCUT2D eigenvalue weighted by Gasteiger charge is 2.35. The molecule has 0 radical (unpaired) electrons. The Balaban J connectivity index is 2.44.